The molecule has 1 heterocycles. The molecule has 20 heavy (non-hydrogen) atoms. The van der Waals surface area contributed by atoms with Crippen LogP contribution >= 0.6 is 0 Å². The van der Waals surface area contributed by atoms with Crippen molar-refractivity contribution in [2.45, 2.75) is 25.7 Å². The summed E-state index contributed by atoms with van der Waals surface area (Å²) in [5.41, 5.74) is 3.14. The van der Waals surface area contributed by atoms with Crippen LogP contribution in [0.3, 0.4) is 0 Å². The molecule has 1 aliphatic carbocycles. The van der Waals surface area contributed by atoms with Crippen molar-refractivity contribution in [1.29, 1.82) is 0 Å². The molecule has 2 aromatic rings. The van der Waals surface area contributed by atoms with Gasteiger partial charge < -0.3 is 10.1 Å². The van der Waals surface area contributed by atoms with Gasteiger partial charge in [0.2, 0.25) is 0 Å². The van der Waals surface area contributed by atoms with Crippen LogP contribution in [0.2, 0.25) is 0 Å². The third-order valence-electron chi connectivity index (χ3n) is 3.69. The molecule has 1 N–H and O–H groups in total. The van der Waals surface area contributed by atoms with Gasteiger partial charge in [0.05, 0.1) is 12.8 Å². The van der Waals surface area contributed by atoms with Crippen molar-refractivity contribution in [3.63, 3.8) is 0 Å². The Morgan fingerprint density at radius 1 is 1.25 bits per heavy atom. The summed E-state index contributed by atoms with van der Waals surface area (Å²) in [6, 6.07) is 8.02. The Bertz CT molecular complexity index is 636. The van der Waals surface area contributed by atoms with Crippen molar-refractivity contribution in [2.24, 2.45) is 0 Å². The fourth-order valence-electron chi connectivity index (χ4n) is 2.35. The highest BCUT2D eigenvalue weighted by molar-refractivity contribution is 5.69. The monoisotopic (exact) mass is 269 g/mol. The minimum Gasteiger partial charge on any atom is -0.497 e. The predicted octanol–water partition coefficient (Wildman–Crippen LogP) is 3.38. The van der Waals surface area contributed by atoms with Gasteiger partial charge in [0.1, 0.15) is 17.4 Å². The average molecular weight is 269 g/mol. The van der Waals surface area contributed by atoms with Crippen molar-refractivity contribution in [3.05, 3.63) is 35.7 Å². The van der Waals surface area contributed by atoms with E-state index in [0.29, 0.717) is 5.92 Å². The van der Waals surface area contributed by atoms with E-state index in [9.17, 15) is 0 Å². The van der Waals surface area contributed by atoms with Crippen LogP contribution in [0.4, 0.5) is 5.82 Å². The lowest BCUT2D eigenvalue weighted by Crippen LogP contribution is -2.04. The molecule has 0 atom stereocenters. The van der Waals surface area contributed by atoms with Crippen LogP contribution in [-0.4, -0.2) is 24.1 Å². The lowest BCUT2D eigenvalue weighted by atomic mass is 10.1. The second-order valence-electron chi connectivity index (χ2n) is 5.16. The van der Waals surface area contributed by atoms with E-state index in [2.05, 4.69) is 23.3 Å². The highest BCUT2D eigenvalue weighted by atomic mass is 16.5. The molecule has 0 amide bonds. The van der Waals surface area contributed by atoms with Crippen LogP contribution < -0.4 is 10.1 Å². The van der Waals surface area contributed by atoms with E-state index in [0.717, 1.165) is 34.2 Å². The largest absolute Gasteiger partial charge is 0.497 e. The first-order valence-corrected chi connectivity index (χ1v) is 6.93. The van der Waals surface area contributed by atoms with Gasteiger partial charge in [-0.2, -0.15) is 0 Å². The summed E-state index contributed by atoms with van der Waals surface area (Å²) in [5.74, 6) is 3.25. The van der Waals surface area contributed by atoms with Gasteiger partial charge in [-0.15, -0.1) is 0 Å². The van der Waals surface area contributed by atoms with E-state index in [1.54, 1.807) is 7.11 Å². The fourth-order valence-corrected chi connectivity index (χ4v) is 2.35. The Labute approximate surface area is 119 Å². The Morgan fingerprint density at radius 2 is 2.05 bits per heavy atom. The Kier molecular flexibility index (Phi) is 3.30. The zero-order valence-corrected chi connectivity index (χ0v) is 12.1. The Hall–Kier alpha value is -2.10. The van der Waals surface area contributed by atoms with Crippen LogP contribution in [0, 0.1) is 6.92 Å². The minimum atomic E-state index is 0.534. The number of methoxy groups -OCH3 is 1. The number of nitrogens with one attached hydrogen (secondary N) is 1. The zero-order valence-electron chi connectivity index (χ0n) is 12.1. The molecule has 4 nitrogen and oxygen atoms in total. The molecule has 0 saturated heterocycles. The van der Waals surface area contributed by atoms with Crippen molar-refractivity contribution < 1.29 is 4.74 Å². The molecule has 0 spiro atoms. The molecular weight excluding hydrogens is 250 g/mol. The minimum absolute atomic E-state index is 0.534. The highest BCUT2D eigenvalue weighted by Gasteiger charge is 2.28. The van der Waals surface area contributed by atoms with E-state index in [1.807, 2.05) is 25.2 Å². The van der Waals surface area contributed by atoms with Gasteiger partial charge in [-0.3, -0.25) is 0 Å². The lowest BCUT2D eigenvalue weighted by Gasteiger charge is -2.13. The summed E-state index contributed by atoms with van der Waals surface area (Å²) in [5, 5.41) is 3.17. The number of anilines is 1. The van der Waals surface area contributed by atoms with Crippen molar-refractivity contribution >= 4 is 5.82 Å². The number of ether oxygens (including phenoxy) is 1. The van der Waals surface area contributed by atoms with E-state index in [1.165, 1.54) is 12.8 Å². The summed E-state index contributed by atoms with van der Waals surface area (Å²) in [7, 11) is 3.59. The smallest absolute Gasteiger partial charge is 0.134 e. The number of rotatable bonds is 4. The first-order chi connectivity index (χ1) is 9.72. The van der Waals surface area contributed by atoms with Crippen molar-refractivity contribution in [3.8, 4) is 17.0 Å². The molecule has 0 aliphatic heterocycles. The molecule has 104 valence electrons. The Balaban J connectivity index is 2.12. The van der Waals surface area contributed by atoms with Gasteiger partial charge in [-0.25, -0.2) is 9.97 Å². The molecular formula is C16H19N3O. The Morgan fingerprint density at radius 3 is 2.70 bits per heavy atom. The predicted molar refractivity (Wildman–Crippen MR) is 80.3 cm³/mol. The maximum Gasteiger partial charge on any atom is 0.134 e. The summed E-state index contributed by atoms with van der Waals surface area (Å²) in [6.45, 7) is 2.05. The fraction of sp³-hybridized carbons (Fsp3) is 0.375. The van der Waals surface area contributed by atoms with Gasteiger partial charge >= 0.3 is 0 Å². The lowest BCUT2D eigenvalue weighted by molar-refractivity contribution is 0.415. The summed E-state index contributed by atoms with van der Waals surface area (Å²) < 4.78 is 5.30. The SMILES string of the molecule is CNc1nc(C2CC2)nc(-c2cccc(OC)c2)c1C. The van der Waals surface area contributed by atoms with Crippen LogP contribution in [-0.2, 0) is 0 Å². The molecule has 3 rings (SSSR count). The van der Waals surface area contributed by atoms with Crippen LogP contribution in [0.5, 0.6) is 5.75 Å². The molecule has 1 aliphatic rings. The van der Waals surface area contributed by atoms with E-state index < -0.39 is 0 Å². The van der Waals surface area contributed by atoms with E-state index in [4.69, 9.17) is 9.72 Å². The van der Waals surface area contributed by atoms with Gasteiger partial charge in [0.25, 0.3) is 0 Å². The van der Waals surface area contributed by atoms with Gasteiger partial charge in [-0.1, -0.05) is 12.1 Å². The molecule has 1 fully saturated rings. The van der Waals surface area contributed by atoms with Crippen LogP contribution in [0.15, 0.2) is 24.3 Å². The third-order valence-corrected chi connectivity index (χ3v) is 3.69. The maximum absolute atomic E-state index is 5.30. The molecule has 1 saturated carbocycles. The van der Waals surface area contributed by atoms with Crippen LogP contribution in [0.1, 0.15) is 30.1 Å². The van der Waals surface area contributed by atoms with E-state index >= 15 is 0 Å². The number of hydrogen-bond donors (Lipinski definition) is 1. The van der Waals surface area contributed by atoms with Crippen molar-refractivity contribution in [1.82, 2.24) is 9.97 Å². The van der Waals surface area contributed by atoms with Gasteiger partial charge in [0, 0.05) is 24.1 Å². The van der Waals surface area contributed by atoms with Crippen molar-refractivity contribution in [2.75, 3.05) is 19.5 Å². The molecule has 1 aromatic heterocycles. The topological polar surface area (TPSA) is 47.0 Å². The molecule has 0 radical (unpaired) electrons. The highest BCUT2D eigenvalue weighted by Crippen LogP contribution is 2.40. The number of aromatic nitrogens is 2. The second-order valence-corrected chi connectivity index (χ2v) is 5.16. The standard InChI is InChI=1S/C16H19N3O/c1-10-14(12-5-4-6-13(9-12)20-3)18-16(11-7-8-11)19-15(10)17-2/h4-6,9,11H,7-8H2,1-3H3,(H,17,18,19). The number of hydrogen-bond acceptors (Lipinski definition) is 4. The average Bonchev–Trinajstić information content (AvgIpc) is 3.32. The van der Waals surface area contributed by atoms with Gasteiger partial charge in [0.15, 0.2) is 0 Å². The summed E-state index contributed by atoms with van der Waals surface area (Å²) >= 11 is 0. The summed E-state index contributed by atoms with van der Waals surface area (Å²) in [4.78, 5) is 9.41. The number of nitrogens with zero attached hydrogens (tertiary/aromatic N) is 2. The van der Waals surface area contributed by atoms with E-state index in [-0.39, 0.29) is 0 Å². The quantitative estimate of drug-likeness (QED) is 0.924. The molecule has 4 heteroatoms. The van der Waals surface area contributed by atoms with Gasteiger partial charge in [-0.05, 0) is 31.9 Å². The maximum atomic E-state index is 5.30. The second kappa shape index (κ2) is 5.12. The van der Waals surface area contributed by atoms with Crippen LogP contribution in [0.25, 0.3) is 11.3 Å². The zero-order chi connectivity index (χ0) is 14.1. The molecule has 0 bridgehead atoms. The molecule has 1 aromatic carbocycles. The first-order valence-electron chi connectivity index (χ1n) is 6.93. The third kappa shape index (κ3) is 2.33. The molecule has 0 unspecified atom stereocenters. The first kappa shape index (κ1) is 12.9. The summed E-state index contributed by atoms with van der Waals surface area (Å²) in [6.07, 6.45) is 2.40. The number of benzene rings is 1. The normalized spacial score (nSPS) is 14.2.